The van der Waals surface area contributed by atoms with Crippen LogP contribution in [0.25, 0.3) is 270 Å². The zero-order chi connectivity index (χ0) is 96.4. The summed E-state index contributed by atoms with van der Waals surface area (Å²) in [7, 11) is 0. The average Bonchev–Trinajstić information content (AvgIpc) is 1.57. The van der Waals surface area contributed by atoms with Crippen LogP contribution in [0.4, 0.5) is 0 Å². The minimum atomic E-state index is 1.14. The maximum atomic E-state index is 2.43. The van der Waals surface area contributed by atoms with Crippen molar-refractivity contribution >= 4 is 196 Å². The van der Waals surface area contributed by atoms with Crippen molar-refractivity contribution in [3.8, 4) is 73.4 Å². The molecule has 0 aliphatic heterocycles. The van der Waals surface area contributed by atoms with E-state index in [0.29, 0.717) is 0 Å². The Morgan fingerprint density at radius 3 is 0.476 bits per heavy atom. The zero-order valence-corrected chi connectivity index (χ0v) is 79.9. The molecule has 23 aromatic carbocycles. The normalized spacial score (nSPS) is 11.9. The van der Waals surface area contributed by atoms with Crippen molar-refractivity contribution in [3.05, 3.63) is 540 Å². The van der Waals surface area contributed by atoms with Crippen molar-refractivity contribution in [2.45, 2.75) is 0 Å². The molecule has 0 bridgehead atoms. The number of fused-ring (bicyclic) bond motifs is 27. The number of benzene rings is 23. The number of para-hydroxylation sites is 14. The molecular weight excluding hydrogens is 1780 g/mol. The first-order valence-corrected chi connectivity index (χ1v) is 50.5. The van der Waals surface area contributed by atoms with Crippen LogP contribution in [0, 0.1) is 0 Å². The molecule has 0 N–H and O–H groups in total. The molecule has 0 saturated heterocycles. The minimum Gasteiger partial charge on any atom is -0.309 e. The molecule has 0 radical (unpaired) electrons. The molecule has 9 aromatic heterocycles. The first-order valence-electron chi connectivity index (χ1n) is 50.5. The summed E-state index contributed by atoms with van der Waals surface area (Å²) in [5, 5.41) is 22.6. The molecule has 0 spiro atoms. The lowest BCUT2D eigenvalue weighted by Crippen LogP contribution is -1.99. The number of aromatic nitrogens is 9. The van der Waals surface area contributed by atoms with Crippen LogP contribution in [0.5, 0.6) is 0 Å². The van der Waals surface area contributed by atoms with E-state index < -0.39 is 0 Å². The molecule has 0 unspecified atom stereocenters. The van der Waals surface area contributed by atoms with Gasteiger partial charge >= 0.3 is 0 Å². The Hall–Kier alpha value is -19.7. The fourth-order valence-corrected chi connectivity index (χ4v) is 24.4. The highest BCUT2D eigenvalue weighted by Gasteiger charge is 2.26. The maximum absolute atomic E-state index is 2.43. The SMILES string of the molecule is c1cc(-n2c3ccccc3c3ccccc32)cc(-n2c3ccccc3c3cc(-n4c5ccccc5c5ccccc54)ccc32)c1.c1ccc(-c2cccc(-n3c4ccccc4c4cc(-n5c6ccccc6c6cc(-n7c8ccccc8c8ccccc87)ccc65)ccc43)c2)cc1.c1ccc(-n2c3ccccc3c3cc(-c4cccc(-n5c6ccccc6c6cc(-n7c8ccccc8c8ccccc87)ccc65)c4)ccc32)cc1. The van der Waals surface area contributed by atoms with E-state index >= 15 is 0 Å². The second-order valence-corrected chi connectivity index (χ2v) is 38.6. The van der Waals surface area contributed by atoms with E-state index in [9.17, 15) is 0 Å². The number of nitrogens with zero attached hydrogens (tertiary/aromatic N) is 9. The lowest BCUT2D eigenvalue weighted by Gasteiger charge is -2.13. The molecule has 32 rings (SSSR count). The standard InChI is InChI=1S/2C48H31N3.C42H27N3/c1-2-14-34(15-3-1)49-45-23-10-6-19-39(45)41-30-33(25-27-47(41)49)32-13-12-16-35(29-32)50-46-24-11-7-20-40(46)42-31-36(26-28-48(42)50)51-43-21-8-4-17-37(43)38-18-5-9-22-44(38)51;1-2-13-32(14-3-1)33-15-12-16-34(29-33)49-45-23-10-6-19-39(45)41-31-36(26-27-47(41)49)51-46-24-11-7-20-40(46)42-30-35(25-28-48(42)51)50-43-21-8-4-17-37(43)38-18-5-9-22-44(38)50;1-6-19-37-31(14-1)32-15-2-7-20-38(32)43(37)28-12-11-13-29(26-28)44-41-23-10-5-18-35(41)36-27-30(24-25-42(36)44)45-39-21-8-3-16-33(39)34-17-4-9-22-40(34)45/h2*1-31H;1-27H. The van der Waals surface area contributed by atoms with Gasteiger partial charge in [0.1, 0.15) is 0 Å². The summed E-state index contributed by atoms with van der Waals surface area (Å²) in [6.45, 7) is 0. The summed E-state index contributed by atoms with van der Waals surface area (Å²) in [4.78, 5) is 0. The first-order chi connectivity index (χ1) is 73.0. The predicted molar refractivity (Wildman–Crippen MR) is 619 cm³/mol. The highest BCUT2D eigenvalue weighted by atomic mass is 15.1. The second kappa shape index (κ2) is 33.5. The van der Waals surface area contributed by atoms with Crippen LogP contribution in [0.1, 0.15) is 0 Å². The van der Waals surface area contributed by atoms with Crippen molar-refractivity contribution < 1.29 is 0 Å². The van der Waals surface area contributed by atoms with Gasteiger partial charge in [-0.3, -0.25) is 0 Å². The molecular formula is C138H89N9. The second-order valence-electron chi connectivity index (χ2n) is 38.6. The Morgan fingerprint density at radius 2 is 0.224 bits per heavy atom. The molecule has 147 heavy (non-hydrogen) atoms. The molecule has 686 valence electrons. The largest absolute Gasteiger partial charge is 0.309 e. The summed E-state index contributed by atoms with van der Waals surface area (Å²) >= 11 is 0. The van der Waals surface area contributed by atoms with Gasteiger partial charge in [0.15, 0.2) is 0 Å². The zero-order valence-electron chi connectivity index (χ0n) is 79.9. The summed E-state index contributed by atoms with van der Waals surface area (Å²) in [6, 6.07) is 196. The molecule has 9 nitrogen and oxygen atoms in total. The molecule has 0 amide bonds. The molecule has 0 aliphatic rings. The van der Waals surface area contributed by atoms with Crippen molar-refractivity contribution in [1.29, 1.82) is 0 Å². The van der Waals surface area contributed by atoms with Gasteiger partial charge in [-0.05, 0) is 241 Å². The first kappa shape index (κ1) is 83.1. The van der Waals surface area contributed by atoms with E-state index in [4.69, 9.17) is 0 Å². The Bertz CT molecular complexity index is 10800. The Balaban J connectivity index is 0.000000102. The van der Waals surface area contributed by atoms with Gasteiger partial charge in [0, 0.05) is 148 Å². The maximum Gasteiger partial charge on any atom is 0.0542 e. The summed E-state index contributed by atoms with van der Waals surface area (Å²) in [5.41, 5.74) is 37.0. The van der Waals surface area contributed by atoms with E-state index in [1.807, 2.05) is 0 Å². The molecule has 0 atom stereocenters. The van der Waals surface area contributed by atoms with E-state index in [1.165, 1.54) is 241 Å². The number of hydrogen-bond donors (Lipinski definition) is 0. The smallest absolute Gasteiger partial charge is 0.0542 e. The molecule has 0 aliphatic carbocycles. The Kier molecular flexibility index (Phi) is 18.9. The van der Waals surface area contributed by atoms with Gasteiger partial charge in [-0.25, -0.2) is 0 Å². The van der Waals surface area contributed by atoms with Gasteiger partial charge in [0.05, 0.1) is 99.3 Å². The highest BCUT2D eigenvalue weighted by Crippen LogP contribution is 2.47. The molecule has 32 aromatic rings. The van der Waals surface area contributed by atoms with Crippen LogP contribution < -0.4 is 0 Å². The van der Waals surface area contributed by atoms with Crippen molar-refractivity contribution in [2.24, 2.45) is 0 Å². The average molecular weight is 1870 g/mol. The van der Waals surface area contributed by atoms with Gasteiger partial charge in [0.25, 0.3) is 0 Å². The minimum absolute atomic E-state index is 1.14. The van der Waals surface area contributed by atoms with E-state index in [1.54, 1.807) is 0 Å². The quantitative estimate of drug-likeness (QED) is 0.124. The highest BCUT2D eigenvalue weighted by molar-refractivity contribution is 6.19. The topological polar surface area (TPSA) is 44.4 Å². The molecule has 9 heteroatoms. The Labute approximate surface area is 844 Å². The third kappa shape index (κ3) is 13.1. The van der Waals surface area contributed by atoms with Crippen LogP contribution in [-0.2, 0) is 0 Å². The third-order valence-electron chi connectivity index (χ3n) is 30.7. The summed E-state index contributed by atoms with van der Waals surface area (Å²) in [6.07, 6.45) is 0. The van der Waals surface area contributed by atoms with Crippen LogP contribution >= 0.6 is 0 Å². The molecule has 0 fully saturated rings. The van der Waals surface area contributed by atoms with Crippen LogP contribution in [0.3, 0.4) is 0 Å². The monoisotopic (exact) mass is 1870 g/mol. The fourth-order valence-electron chi connectivity index (χ4n) is 24.4. The summed E-state index contributed by atoms with van der Waals surface area (Å²) in [5.74, 6) is 0. The number of rotatable bonds is 11. The number of hydrogen-bond acceptors (Lipinski definition) is 0. The van der Waals surface area contributed by atoms with Crippen molar-refractivity contribution in [2.75, 3.05) is 0 Å². The van der Waals surface area contributed by atoms with Gasteiger partial charge in [-0.2, -0.15) is 0 Å². The van der Waals surface area contributed by atoms with Gasteiger partial charge in [-0.15, -0.1) is 0 Å². The molecule has 9 heterocycles. The van der Waals surface area contributed by atoms with Crippen LogP contribution in [0.15, 0.2) is 540 Å². The lowest BCUT2D eigenvalue weighted by molar-refractivity contribution is 1.13. The van der Waals surface area contributed by atoms with Crippen LogP contribution in [-0.4, -0.2) is 41.1 Å². The Morgan fingerprint density at radius 1 is 0.0748 bits per heavy atom. The van der Waals surface area contributed by atoms with E-state index in [-0.39, 0.29) is 0 Å². The third-order valence-corrected chi connectivity index (χ3v) is 30.7. The van der Waals surface area contributed by atoms with Crippen molar-refractivity contribution in [3.63, 3.8) is 0 Å². The van der Waals surface area contributed by atoms with E-state index in [0.717, 1.165) is 28.4 Å². The summed E-state index contributed by atoms with van der Waals surface area (Å²) < 4.78 is 21.7. The van der Waals surface area contributed by atoms with Gasteiger partial charge in [0.2, 0.25) is 0 Å². The fraction of sp³-hybridized carbons (Fsp3) is 0. The van der Waals surface area contributed by atoms with Crippen molar-refractivity contribution in [1.82, 2.24) is 41.1 Å². The lowest BCUT2D eigenvalue weighted by atomic mass is 10.0. The predicted octanol–water partition coefficient (Wildman–Crippen LogP) is 36.3. The molecule has 0 saturated carbocycles. The van der Waals surface area contributed by atoms with Crippen LogP contribution in [0.2, 0.25) is 0 Å². The van der Waals surface area contributed by atoms with Gasteiger partial charge in [-0.1, -0.05) is 322 Å². The van der Waals surface area contributed by atoms with Gasteiger partial charge < -0.3 is 41.1 Å². The van der Waals surface area contributed by atoms with E-state index in [2.05, 4.69) is 581 Å².